The van der Waals surface area contributed by atoms with Gasteiger partial charge in [-0.05, 0) is 74.2 Å². The van der Waals surface area contributed by atoms with Crippen molar-refractivity contribution in [1.82, 2.24) is 10.2 Å². The van der Waals surface area contributed by atoms with Gasteiger partial charge in [0.15, 0.2) is 0 Å². The average molecular weight is 353 g/mol. The standard InChI is InChI=1S/C23H32N2O/c1-23(20-6-3-2-4-7-20)8-5-9-25(15-23)22(26)24-21-18-11-16-10-17(13-18)14-19(21)12-16/h2-4,6-7,16-19,21H,5,8-15H2,1H3,(H,24,26). The van der Waals surface area contributed by atoms with Gasteiger partial charge in [0.05, 0.1) is 0 Å². The molecule has 5 aliphatic rings. The summed E-state index contributed by atoms with van der Waals surface area (Å²) in [5, 5.41) is 3.51. The maximum atomic E-state index is 13.1. The summed E-state index contributed by atoms with van der Waals surface area (Å²) < 4.78 is 0. The molecule has 0 spiro atoms. The van der Waals surface area contributed by atoms with Gasteiger partial charge in [-0.15, -0.1) is 0 Å². The van der Waals surface area contributed by atoms with Gasteiger partial charge >= 0.3 is 6.03 Å². The van der Waals surface area contributed by atoms with Crippen molar-refractivity contribution in [2.24, 2.45) is 23.7 Å². The molecule has 1 aromatic carbocycles. The second-order valence-corrected chi connectivity index (χ2v) is 9.86. The molecule has 1 aliphatic heterocycles. The fourth-order valence-electron chi connectivity index (χ4n) is 6.88. The van der Waals surface area contributed by atoms with E-state index in [4.69, 9.17) is 0 Å². The maximum Gasteiger partial charge on any atom is 0.317 e. The van der Waals surface area contributed by atoms with Crippen LogP contribution in [0.4, 0.5) is 4.79 Å². The lowest BCUT2D eigenvalue weighted by molar-refractivity contribution is -0.0116. The number of benzene rings is 1. The Morgan fingerprint density at radius 3 is 2.35 bits per heavy atom. The summed E-state index contributed by atoms with van der Waals surface area (Å²) in [6.45, 7) is 4.07. The van der Waals surface area contributed by atoms with Gasteiger partial charge in [-0.2, -0.15) is 0 Å². The lowest BCUT2D eigenvalue weighted by atomic mass is 9.54. The van der Waals surface area contributed by atoms with Gasteiger partial charge < -0.3 is 10.2 Å². The maximum absolute atomic E-state index is 13.1. The molecule has 6 rings (SSSR count). The fraction of sp³-hybridized carbons (Fsp3) is 0.696. The van der Waals surface area contributed by atoms with Crippen LogP contribution in [0.15, 0.2) is 30.3 Å². The van der Waals surface area contributed by atoms with Crippen molar-refractivity contribution in [2.45, 2.75) is 63.3 Å². The SMILES string of the molecule is CC1(c2ccccc2)CCCN(C(=O)NC2C3CC4CC(C3)CC2C4)C1. The summed E-state index contributed by atoms with van der Waals surface area (Å²) in [5.41, 5.74) is 1.45. The molecular formula is C23H32N2O. The summed E-state index contributed by atoms with van der Waals surface area (Å²) in [5.74, 6) is 3.42. The minimum Gasteiger partial charge on any atom is -0.335 e. The molecule has 2 amide bonds. The first-order valence-electron chi connectivity index (χ1n) is 10.7. The molecule has 1 unspecified atom stereocenters. The van der Waals surface area contributed by atoms with E-state index in [0.29, 0.717) is 6.04 Å². The van der Waals surface area contributed by atoms with Crippen LogP contribution in [0.3, 0.4) is 0 Å². The van der Waals surface area contributed by atoms with Crippen molar-refractivity contribution in [2.75, 3.05) is 13.1 Å². The molecule has 140 valence electrons. The van der Waals surface area contributed by atoms with Crippen LogP contribution in [0.25, 0.3) is 0 Å². The summed E-state index contributed by atoms with van der Waals surface area (Å²) in [7, 11) is 0. The van der Waals surface area contributed by atoms with Gasteiger partial charge in [-0.1, -0.05) is 37.3 Å². The highest BCUT2D eigenvalue weighted by Crippen LogP contribution is 2.53. The highest BCUT2D eigenvalue weighted by atomic mass is 16.2. The Hall–Kier alpha value is -1.51. The average Bonchev–Trinajstić information content (AvgIpc) is 2.65. The Kier molecular flexibility index (Phi) is 4.02. The summed E-state index contributed by atoms with van der Waals surface area (Å²) >= 11 is 0. The van der Waals surface area contributed by atoms with Crippen LogP contribution >= 0.6 is 0 Å². The molecule has 1 heterocycles. The van der Waals surface area contributed by atoms with Gasteiger partial charge in [0.2, 0.25) is 0 Å². The first kappa shape index (κ1) is 16.6. The molecule has 1 atom stereocenters. The number of likely N-dealkylation sites (tertiary alicyclic amines) is 1. The third-order valence-corrected chi connectivity index (χ3v) is 7.97. The number of nitrogens with one attached hydrogen (secondary N) is 1. The van der Waals surface area contributed by atoms with E-state index in [0.717, 1.165) is 43.2 Å². The Balaban J connectivity index is 1.27. The van der Waals surface area contributed by atoms with Gasteiger partial charge in [-0.3, -0.25) is 0 Å². The Morgan fingerprint density at radius 2 is 1.69 bits per heavy atom. The summed E-state index contributed by atoms with van der Waals surface area (Å²) in [6.07, 6.45) is 9.17. The monoisotopic (exact) mass is 352 g/mol. The lowest BCUT2D eigenvalue weighted by Crippen LogP contribution is -2.59. The number of carbonyl (C=O) groups excluding carboxylic acids is 1. The van der Waals surface area contributed by atoms with E-state index in [9.17, 15) is 4.79 Å². The van der Waals surface area contributed by atoms with Crippen molar-refractivity contribution < 1.29 is 4.79 Å². The molecule has 1 N–H and O–H groups in total. The number of hydrogen-bond donors (Lipinski definition) is 1. The topological polar surface area (TPSA) is 32.3 Å². The van der Waals surface area contributed by atoms with Crippen molar-refractivity contribution >= 4 is 6.03 Å². The number of rotatable bonds is 2. The van der Waals surface area contributed by atoms with E-state index < -0.39 is 0 Å². The van der Waals surface area contributed by atoms with Crippen LogP contribution in [0, 0.1) is 23.7 Å². The molecule has 3 heteroatoms. The molecule has 26 heavy (non-hydrogen) atoms. The first-order valence-corrected chi connectivity index (χ1v) is 10.7. The van der Waals surface area contributed by atoms with Crippen LogP contribution in [0.1, 0.15) is 57.4 Å². The van der Waals surface area contributed by atoms with Crippen LogP contribution < -0.4 is 5.32 Å². The molecule has 5 fully saturated rings. The van der Waals surface area contributed by atoms with E-state index in [1.165, 1.54) is 44.1 Å². The highest BCUT2D eigenvalue weighted by Gasteiger charge is 2.49. The number of urea groups is 1. The van der Waals surface area contributed by atoms with Gasteiger partial charge in [0, 0.05) is 24.5 Å². The number of piperidine rings is 1. The lowest BCUT2D eigenvalue weighted by Gasteiger charge is -2.54. The predicted molar refractivity (Wildman–Crippen MR) is 104 cm³/mol. The van der Waals surface area contributed by atoms with Crippen LogP contribution in [0.5, 0.6) is 0 Å². The first-order chi connectivity index (χ1) is 12.6. The Morgan fingerprint density at radius 1 is 1.04 bits per heavy atom. The third-order valence-electron chi connectivity index (χ3n) is 7.97. The van der Waals surface area contributed by atoms with Crippen molar-refractivity contribution in [3.8, 4) is 0 Å². The number of amides is 2. The largest absolute Gasteiger partial charge is 0.335 e. The van der Waals surface area contributed by atoms with E-state index in [1.807, 2.05) is 0 Å². The molecule has 0 radical (unpaired) electrons. The smallest absolute Gasteiger partial charge is 0.317 e. The van der Waals surface area contributed by atoms with E-state index >= 15 is 0 Å². The van der Waals surface area contributed by atoms with Crippen LogP contribution in [-0.4, -0.2) is 30.1 Å². The Bertz CT molecular complexity index is 644. The molecule has 3 nitrogen and oxygen atoms in total. The second-order valence-electron chi connectivity index (χ2n) is 9.86. The fourth-order valence-corrected chi connectivity index (χ4v) is 6.88. The second kappa shape index (κ2) is 6.28. The normalized spacial score (nSPS) is 41.3. The number of hydrogen-bond acceptors (Lipinski definition) is 1. The molecule has 0 aromatic heterocycles. The van der Waals surface area contributed by atoms with Crippen LogP contribution in [-0.2, 0) is 5.41 Å². The molecule has 4 saturated carbocycles. The minimum absolute atomic E-state index is 0.0842. The summed E-state index contributed by atoms with van der Waals surface area (Å²) in [6, 6.07) is 11.4. The van der Waals surface area contributed by atoms with Crippen molar-refractivity contribution in [3.63, 3.8) is 0 Å². The number of nitrogens with zero attached hydrogens (tertiary/aromatic N) is 1. The molecule has 1 saturated heterocycles. The van der Waals surface area contributed by atoms with Gasteiger partial charge in [0.1, 0.15) is 0 Å². The molecule has 4 bridgehead atoms. The zero-order valence-electron chi connectivity index (χ0n) is 16.0. The van der Waals surface area contributed by atoms with Crippen LogP contribution in [0.2, 0.25) is 0 Å². The zero-order chi connectivity index (χ0) is 17.7. The van der Waals surface area contributed by atoms with Crippen molar-refractivity contribution in [3.05, 3.63) is 35.9 Å². The predicted octanol–water partition coefficient (Wildman–Crippen LogP) is 4.57. The molecule has 4 aliphatic carbocycles. The quantitative estimate of drug-likeness (QED) is 0.830. The third kappa shape index (κ3) is 2.84. The molecular weight excluding hydrogens is 320 g/mol. The minimum atomic E-state index is 0.0842. The van der Waals surface area contributed by atoms with E-state index in [2.05, 4.69) is 47.5 Å². The zero-order valence-corrected chi connectivity index (χ0v) is 16.0. The van der Waals surface area contributed by atoms with Crippen molar-refractivity contribution in [1.29, 1.82) is 0 Å². The highest BCUT2D eigenvalue weighted by molar-refractivity contribution is 5.75. The van der Waals surface area contributed by atoms with Gasteiger partial charge in [0.25, 0.3) is 0 Å². The van der Waals surface area contributed by atoms with Gasteiger partial charge in [-0.25, -0.2) is 4.79 Å². The number of carbonyl (C=O) groups is 1. The summed E-state index contributed by atoms with van der Waals surface area (Å²) in [4.78, 5) is 15.2. The molecule has 1 aromatic rings. The van der Waals surface area contributed by atoms with E-state index in [-0.39, 0.29) is 11.4 Å². The Labute approximate surface area is 157 Å². The van der Waals surface area contributed by atoms with E-state index in [1.54, 1.807) is 0 Å².